The van der Waals surface area contributed by atoms with E-state index < -0.39 is 5.60 Å². The standard InChI is InChI=1S/C22H34N2O2/c1-22(2,3)26-21(25)24-13-7-10-20(17-24)19-11-14-23(15-12-19)16-18-8-5-4-6-9-18/h4-6,8-9,19-20H,7,10-17H2,1-3H3. The Morgan fingerprint density at radius 2 is 1.73 bits per heavy atom. The Morgan fingerprint density at radius 3 is 2.38 bits per heavy atom. The van der Waals surface area contributed by atoms with Gasteiger partial charge in [0.2, 0.25) is 0 Å². The molecule has 2 fully saturated rings. The normalized spacial score (nSPS) is 23.0. The molecule has 1 atom stereocenters. The Labute approximate surface area is 158 Å². The molecule has 2 aliphatic rings. The Kier molecular flexibility index (Phi) is 6.23. The van der Waals surface area contributed by atoms with Crippen molar-refractivity contribution in [3.05, 3.63) is 35.9 Å². The first-order valence-electron chi connectivity index (χ1n) is 10.1. The number of carbonyl (C=O) groups is 1. The van der Waals surface area contributed by atoms with Gasteiger partial charge in [0.15, 0.2) is 0 Å². The van der Waals surface area contributed by atoms with Gasteiger partial charge in [-0.2, -0.15) is 0 Å². The molecule has 4 nitrogen and oxygen atoms in total. The molecule has 3 rings (SSSR count). The highest BCUT2D eigenvalue weighted by atomic mass is 16.6. The molecule has 0 spiro atoms. The molecular weight excluding hydrogens is 324 g/mol. The number of carbonyl (C=O) groups excluding carboxylic acids is 1. The number of rotatable bonds is 3. The van der Waals surface area contributed by atoms with Gasteiger partial charge in [0.1, 0.15) is 5.60 Å². The Morgan fingerprint density at radius 1 is 1.04 bits per heavy atom. The molecule has 1 aromatic carbocycles. The van der Waals surface area contributed by atoms with Gasteiger partial charge in [-0.05, 0) is 76.9 Å². The van der Waals surface area contributed by atoms with Crippen molar-refractivity contribution in [1.29, 1.82) is 0 Å². The van der Waals surface area contributed by atoms with Crippen LogP contribution >= 0.6 is 0 Å². The molecular formula is C22H34N2O2. The first kappa shape index (κ1) is 19.2. The van der Waals surface area contributed by atoms with E-state index in [4.69, 9.17) is 4.74 Å². The smallest absolute Gasteiger partial charge is 0.410 e. The molecule has 144 valence electrons. The van der Waals surface area contributed by atoms with Gasteiger partial charge < -0.3 is 9.64 Å². The predicted molar refractivity (Wildman–Crippen MR) is 105 cm³/mol. The summed E-state index contributed by atoms with van der Waals surface area (Å²) in [6, 6.07) is 10.7. The summed E-state index contributed by atoms with van der Waals surface area (Å²) in [4.78, 5) is 16.9. The zero-order chi connectivity index (χ0) is 18.6. The number of ether oxygens (including phenoxy) is 1. The molecule has 1 aromatic rings. The van der Waals surface area contributed by atoms with Gasteiger partial charge >= 0.3 is 6.09 Å². The van der Waals surface area contributed by atoms with E-state index in [9.17, 15) is 4.79 Å². The molecule has 0 aromatic heterocycles. The quantitative estimate of drug-likeness (QED) is 0.795. The van der Waals surface area contributed by atoms with Crippen LogP contribution in [0.15, 0.2) is 30.3 Å². The third-order valence-electron chi connectivity index (χ3n) is 5.66. The van der Waals surface area contributed by atoms with E-state index in [1.807, 2.05) is 25.7 Å². The van der Waals surface area contributed by atoms with E-state index in [2.05, 4.69) is 35.2 Å². The van der Waals surface area contributed by atoms with Crippen molar-refractivity contribution in [2.75, 3.05) is 26.2 Å². The van der Waals surface area contributed by atoms with E-state index in [1.165, 1.54) is 37.9 Å². The summed E-state index contributed by atoms with van der Waals surface area (Å²) in [7, 11) is 0. The molecule has 1 unspecified atom stereocenters. The van der Waals surface area contributed by atoms with Crippen LogP contribution < -0.4 is 0 Å². The second kappa shape index (κ2) is 8.43. The minimum Gasteiger partial charge on any atom is -0.444 e. The summed E-state index contributed by atoms with van der Waals surface area (Å²) in [5, 5.41) is 0. The number of likely N-dealkylation sites (tertiary alicyclic amines) is 2. The molecule has 1 amide bonds. The van der Waals surface area contributed by atoms with Crippen LogP contribution in [0.1, 0.15) is 52.0 Å². The lowest BCUT2D eigenvalue weighted by Gasteiger charge is -2.41. The largest absolute Gasteiger partial charge is 0.444 e. The lowest BCUT2D eigenvalue weighted by atomic mass is 9.79. The third-order valence-corrected chi connectivity index (χ3v) is 5.66. The number of hydrogen-bond acceptors (Lipinski definition) is 3. The van der Waals surface area contributed by atoms with Crippen molar-refractivity contribution >= 4 is 6.09 Å². The Balaban J connectivity index is 1.47. The number of hydrogen-bond donors (Lipinski definition) is 0. The SMILES string of the molecule is CC(C)(C)OC(=O)N1CCCC(C2CCN(Cc3ccccc3)CC2)C1. The predicted octanol–water partition coefficient (Wildman–Crippen LogP) is 4.55. The van der Waals surface area contributed by atoms with E-state index >= 15 is 0 Å². The highest BCUT2D eigenvalue weighted by Crippen LogP contribution is 2.32. The number of piperidine rings is 2. The monoisotopic (exact) mass is 358 g/mol. The summed E-state index contributed by atoms with van der Waals surface area (Å²) >= 11 is 0. The number of benzene rings is 1. The molecule has 0 saturated carbocycles. The maximum absolute atomic E-state index is 12.4. The molecule has 0 bridgehead atoms. The van der Waals surface area contributed by atoms with Crippen molar-refractivity contribution in [2.24, 2.45) is 11.8 Å². The Hall–Kier alpha value is -1.55. The molecule has 0 aliphatic carbocycles. The average Bonchev–Trinajstić information content (AvgIpc) is 2.62. The van der Waals surface area contributed by atoms with Crippen molar-refractivity contribution in [3.8, 4) is 0 Å². The topological polar surface area (TPSA) is 32.8 Å². The minimum absolute atomic E-state index is 0.135. The fourth-order valence-electron chi connectivity index (χ4n) is 4.31. The van der Waals surface area contributed by atoms with Crippen molar-refractivity contribution in [1.82, 2.24) is 9.80 Å². The molecule has 2 saturated heterocycles. The van der Waals surface area contributed by atoms with E-state index in [-0.39, 0.29) is 6.09 Å². The fraction of sp³-hybridized carbons (Fsp3) is 0.682. The molecule has 4 heteroatoms. The fourth-order valence-corrected chi connectivity index (χ4v) is 4.31. The van der Waals surface area contributed by atoms with Crippen LogP contribution in [0.3, 0.4) is 0 Å². The zero-order valence-corrected chi connectivity index (χ0v) is 16.6. The van der Waals surface area contributed by atoms with Gasteiger partial charge in [-0.15, -0.1) is 0 Å². The maximum Gasteiger partial charge on any atom is 0.410 e. The third kappa shape index (κ3) is 5.47. The molecule has 26 heavy (non-hydrogen) atoms. The van der Waals surface area contributed by atoms with Gasteiger partial charge in [-0.1, -0.05) is 30.3 Å². The average molecular weight is 359 g/mol. The van der Waals surface area contributed by atoms with E-state index in [1.54, 1.807) is 0 Å². The van der Waals surface area contributed by atoms with Gasteiger partial charge in [0.25, 0.3) is 0 Å². The number of amides is 1. The van der Waals surface area contributed by atoms with E-state index in [0.29, 0.717) is 5.92 Å². The maximum atomic E-state index is 12.4. The van der Waals surface area contributed by atoms with Crippen LogP contribution in [0.5, 0.6) is 0 Å². The summed E-state index contributed by atoms with van der Waals surface area (Å²) < 4.78 is 5.58. The minimum atomic E-state index is -0.410. The summed E-state index contributed by atoms with van der Waals surface area (Å²) in [6.07, 6.45) is 4.72. The van der Waals surface area contributed by atoms with Crippen molar-refractivity contribution in [2.45, 2.75) is 58.6 Å². The number of nitrogens with zero attached hydrogens (tertiary/aromatic N) is 2. The lowest BCUT2D eigenvalue weighted by molar-refractivity contribution is 0.00943. The molecule has 2 heterocycles. The highest BCUT2D eigenvalue weighted by Gasteiger charge is 2.33. The van der Waals surface area contributed by atoms with Crippen LogP contribution in [-0.2, 0) is 11.3 Å². The summed E-state index contributed by atoms with van der Waals surface area (Å²) in [5.41, 5.74) is 0.993. The molecule has 0 radical (unpaired) electrons. The molecule has 2 aliphatic heterocycles. The van der Waals surface area contributed by atoms with Crippen molar-refractivity contribution in [3.63, 3.8) is 0 Å². The lowest BCUT2D eigenvalue weighted by Crippen LogP contribution is -2.46. The first-order chi connectivity index (χ1) is 12.4. The van der Waals surface area contributed by atoms with Gasteiger partial charge in [-0.3, -0.25) is 4.90 Å². The summed E-state index contributed by atoms with van der Waals surface area (Å²) in [5.74, 6) is 1.38. The summed E-state index contributed by atoms with van der Waals surface area (Å²) in [6.45, 7) is 10.9. The second-order valence-electron chi connectivity index (χ2n) is 8.93. The van der Waals surface area contributed by atoms with Crippen LogP contribution in [0.25, 0.3) is 0 Å². The van der Waals surface area contributed by atoms with Crippen molar-refractivity contribution < 1.29 is 9.53 Å². The Bertz CT molecular complexity index is 574. The van der Waals surface area contributed by atoms with Gasteiger partial charge in [0, 0.05) is 19.6 Å². The second-order valence-corrected chi connectivity index (χ2v) is 8.93. The zero-order valence-electron chi connectivity index (χ0n) is 16.6. The first-order valence-corrected chi connectivity index (χ1v) is 10.1. The van der Waals surface area contributed by atoms with Gasteiger partial charge in [-0.25, -0.2) is 4.79 Å². The van der Waals surface area contributed by atoms with E-state index in [0.717, 1.165) is 32.0 Å². The van der Waals surface area contributed by atoms with Crippen LogP contribution in [0.2, 0.25) is 0 Å². The van der Waals surface area contributed by atoms with Crippen LogP contribution in [0, 0.1) is 11.8 Å². The molecule has 0 N–H and O–H groups in total. The van der Waals surface area contributed by atoms with Crippen LogP contribution in [0.4, 0.5) is 4.79 Å². The highest BCUT2D eigenvalue weighted by molar-refractivity contribution is 5.68. The van der Waals surface area contributed by atoms with Gasteiger partial charge in [0.05, 0.1) is 0 Å². The van der Waals surface area contributed by atoms with Crippen LogP contribution in [-0.4, -0.2) is 47.7 Å².